The smallest absolute Gasteiger partial charge is 0.392 e. The van der Waals surface area contributed by atoms with E-state index in [1.807, 2.05) is 0 Å². The summed E-state index contributed by atoms with van der Waals surface area (Å²) in [5, 5.41) is 2.82. The number of ketones is 1. The number of rotatable bonds is 10. The maximum Gasteiger partial charge on any atom is 0.392 e. The summed E-state index contributed by atoms with van der Waals surface area (Å²) in [4.78, 5) is 33.0. The zero-order valence-corrected chi connectivity index (χ0v) is 17.7. The van der Waals surface area contributed by atoms with Gasteiger partial charge in [-0.1, -0.05) is 0 Å². The standard InChI is InChI=1S/C22H24F3N3O4/c1-13(15-7-9-26-16(11-15)12-18(29)14-3-4-14)27-20(30)17-5-6-19(28-21(17)31-2)32-10-8-22(23,24)25/h5-7,9,11,13-14H,3-4,8,10,12H2,1-2H3,(H,27,30). The molecule has 0 aliphatic heterocycles. The average Bonchev–Trinajstić information content (AvgIpc) is 3.58. The number of carbonyl (C=O) groups excluding carboxylic acids is 2. The summed E-state index contributed by atoms with van der Waals surface area (Å²) in [6.45, 7) is 1.20. The Morgan fingerprint density at radius 3 is 2.66 bits per heavy atom. The summed E-state index contributed by atoms with van der Waals surface area (Å²) in [5.41, 5.74) is 1.55. The normalized spacial score (nSPS) is 14.5. The Kier molecular flexibility index (Phi) is 7.32. The summed E-state index contributed by atoms with van der Waals surface area (Å²) in [6.07, 6.45) is -1.70. The Bertz CT molecular complexity index is 977. The number of halogens is 3. The molecule has 7 nitrogen and oxygen atoms in total. The topological polar surface area (TPSA) is 90.4 Å². The van der Waals surface area contributed by atoms with Gasteiger partial charge in [-0.05, 0) is 43.5 Å². The number of Topliss-reactive ketones (excluding diaryl/α,β-unsaturated/α-hetero) is 1. The van der Waals surface area contributed by atoms with E-state index in [4.69, 9.17) is 9.47 Å². The van der Waals surface area contributed by atoms with Gasteiger partial charge in [0.05, 0.1) is 26.2 Å². The Morgan fingerprint density at radius 2 is 2.00 bits per heavy atom. The monoisotopic (exact) mass is 451 g/mol. The number of methoxy groups -OCH3 is 1. The van der Waals surface area contributed by atoms with Crippen molar-refractivity contribution in [2.24, 2.45) is 5.92 Å². The van der Waals surface area contributed by atoms with Gasteiger partial charge >= 0.3 is 6.18 Å². The number of amides is 1. The van der Waals surface area contributed by atoms with Gasteiger partial charge in [0, 0.05) is 30.3 Å². The van der Waals surface area contributed by atoms with Crippen molar-refractivity contribution in [2.45, 2.75) is 44.8 Å². The lowest BCUT2D eigenvalue weighted by Crippen LogP contribution is -2.27. The summed E-state index contributed by atoms with van der Waals surface area (Å²) >= 11 is 0. The van der Waals surface area contributed by atoms with Crippen molar-refractivity contribution in [3.63, 3.8) is 0 Å². The largest absolute Gasteiger partial charge is 0.480 e. The third kappa shape index (κ3) is 6.66. The molecule has 1 aliphatic rings. The molecule has 0 spiro atoms. The number of ether oxygens (including phenoxy) is 2. The van der Waals surface area contributed by atoms with Gasteiger partial charge in [-0.25, -0.2) is 0 Å². The highest BCUT2D eigenvalue weighted by atomic mass is 19.4. The van der Waals surface area contributed by atoms with Gasteiger partial charge in [-0.15, -0.1) is 0 Å². The average molecular weight is 451 g/mol. The highest BCUT2D eigenvalue weighted by Crippen LogP contribution is 2.31. The van der Waals surface area contributed by atoms with E-state index in [0.29, 0.717) is 5.69 Å². The quantitative estimate of drug-likeness (QED) is 0.591. The van der Waals surface area contributed by atoms with E-state index >= 15 is 0 Å². The van der Waals surface area contributed by atoms with Gasteiger partial charge in [0.1, 0.15) is 11.3 Å². The molecule has 32 heavy (non-hydrogen) atoms. The molecule has 3 rings (SSSR count). The van der Waals surface area contributed by atoms with Crippen LogP contribution in [0.15, 0.2) is 30.5 Å². The van der Waals surface area contributed by atoms with Gasteiger partial charge in [0.25, 0.3) is 5.91 Å². The van der Waals surface area contributed by atoms with Crippen LogP contribution in [-0.2, 0) is 11.2 Å². The van der Waals surface area contributed by atoms with E-state index in [1.165, 1.54) is 19.2 Å². The molecule has 172 valence electrons. The van der Waals surface area contributed by atoms with E-state index in [9.17, 15) is 22.8 Å². The second-order valence-corrected chi connectivity index (χ2v) is 7.61. The van der Waals surface area contributed by atoms with Crippen LogP contribution in [0.3, 0.4) is 0 Å². The van der Waals surface area contributed by atoms with Crippen molar-refractivity contribution in [1.29, 1.82) is 0 Å². The first kappa shape index (κ1) is 23.5. The van der Waals surface area contributed by atoms with Gasteiger partial charge < -0.3 is 14.8 Å². The molecule has 1 unspecified atom stereocenters. The lowest BCUT2D eigenvalue weighted by atomic mass is 10.1. The van der Waals surface area contributed by atoms with Crippen LogP contribution in [0.5, 0.6) is 11.8 Å². The number of nitrogens with one attached hydrogen (secondary N) is 1. The number of carbonyl (C=O) groups is 2. The van der Waals surface area contributed by atoms with Crippen LogP contribution in [0.1, 0.15) is 53.8 Å². The van der Waals surface area contributed by atoms with Gasteiger partial charge in [-0.2, -0.15) is 18.2 Å². The lowest BCUT2D eigenvalue weighted by molar-refractivity contribution is -0.139. The first-order chi connectivity index (χ1) is 15.2. The Balaban J connectivity index is 1.63. The minimum Gasteiger partial charge on any atom is -0.480 e. The zero-order chi connectivity index (χ0) is 23.3. The molecule has 1 saturated carbocycles. The van der Waals surface area contributed by atoms with Crippen molar-refractivity contribution in [2.75, 3.05) is 13.7 Å². The minimum absolute atomic E-state index is 0.0651. The van der Waals surface area contributed by atoms with Crippen LogP contribution in [0, 0.1) is 5.92 Å². The van der Waals surface area contributed by atoms with Crippen molar-refractivity contribution in [3.05, 3.63) is 47.3 Å². The van der Waals surface area contributed by atoms with Crippen molar-refractivity contribution in [3.8, 4) is 11.8 Å². The van der Waals surface area contributed by atoms with Crippen molar-refractivity contribution < 1.29 is 32.2 Å². The third-order valence-corrected chi connectivity index (χ3v) is 4.98. The predicted molar refractivity (Wildman–Crippen MR) is 109 cm³/mol. The molecule has 1 fully saturated rings. The van der Waals surface area contributed by atoms with Crippen LogP contribution in [0.2, 0.25) is 0 Å². The number of aromatic nitrogens is 2. The maximum atomic E-state index is 12.7. The highest BCUT2D eigenvalue weighted by molar-refractivity contribution is 5.96. The molecule has 2 aromatic heterocycles. The molecule has 1 aliphatic carbocycles. The van der Waals surface area contributed by atoms with Crippen LogP contribution in [0.4, 0.5) is 13.2 Å². The number of hydrogen-bond donors (Lipinski definition) is 1. The summed E-state index contributed by atoms with van der Waals surface area (Å²) in [7, 11) is 1.30. The summed E-state index contributed by atoms with van der Waals surface area (Å²) < 4.78 is 46.9. The van der Waals surface area contributed by atoms with Crippen molar-refractivity contribution >= 4 is 11.7 Å². The Labute approximate surface area is 183 Å². The van der Waals surface area contributed by atoms with Gasteiger partial charge in [0.15, 0.2) is 0 Å². The predicted octanol–water partition coefficient (Wildman–Crippen LogP) is 3.83. The highest BCUT2D eigenvalue weighted by Gasteiger charge is 2.29. The molecule has 2 heterocycles. The lowest BCUT2D eigenvalue weighted by Gasteiger charge is -2.16. The maximum absolute atomic E-state index is 12.7. The molecule has 0 radical (unpaired) electrons. The first-order valence-electron chi connectivity index (χ1n) is 10.2. The Morgan fingerprint density at radius 1 is 1.25 bits per heavy atom. The minimum atomic E-state index is -4.34. The van der Waals surface area contributed by atoms with Crippen LogP contribution in [-0.4, -0.2) is 41.6 Å². The molecular formula is C22H24F3N3O4. The molecule has 1 amide bonds. The van der Waals surface area contributed by atoms with E-state index in [-0.39, 0.29) is 35.4 Å². The Hall–Kier alpha value is -3.17. The third-order valence-electron chi connectivity index (χ3n) is 4.98. The number of nitrogens with zero attached hydrogens (tertiary/aromatic N) is 2. The van der Waals surface area contributed by atoms with E-state index in [1.54, 1.807) is 25.3 Å². The number of pyridine rings is 2. The van der Waals surface area contributed by atoms with Gasteiger partial charge in [0.2, 0.25) is 11.8 Å². The summed E-state index contributed by atoms with van der Waals surface area (Å²) in [5.74, 6) is -0.284. The molecule has 1 atom stereocenters. The zero-order valence-electron chi connectivity index (χ0n) is 17.7. The SMILES string of the molecule is COc1nc(OCCC(F)(F)F)ccc1C(=O)NC(C)c1ccnc(CC(=O)C2CC2)c1. The van der Waals surface area contributed by atoms with E-state index in [0.717, 1.165) is 18.4 Å². The summed E-state index contributed by atoms with van der Waals surface area (Å²) in [6, 6.07) is 5.84. The number of alkyl halides is 3. The van der Waals surface area contributed by atoms with Crippen LogP contribution in [0.25, 0.3) is 0 Å². The molecule has 2 aromatic rings. The fourth-order valence-electron chi connectivity index (χ4n) is 3.05. The molecule has 10 heteroatoms. The van der Waals surface area contributed by atoms with Gasteiger partial charge in [-0.3, -0.25) is 14.6 Å². The first-order valence-corrected chi connectivity index (χ1v) is 10.2. The van der Waals surface area contributed by atoms with Crippen LogP contribution < -0.4 is 14.8 Å². The van der Waals surface area contributed by atoms with E-state index < -0.39 is 31.2 Å². The molecule has 0 bridgehead atoms. The molecular weight excluding hydrogens is 427 g/mol. The second-order valence-electron chi connectivity index (χ2n) is 7.61. The second kappa shape index (κ2) is 9.97. The fraction of sp³-hybridized carbons (Fsp3) is 0.455. The van der Waals surface area contributed by atoms with Crippen LogP contribution >= 0.6 is 0 Å². The molecule has 1 N–H and O–H groups in total. The van der Waals surface area contributed by atoms with Crippen molar-refractivity contribution in [1.82, 2.24) is 15.3 Å². The molecule has 0 aromatic carbocycles. The number of hydrogen-bond acceptors (Lipinski definition) is 6. The van der Waals surface area contributed by atoms with E-state index in [2.05, 4.69) is 15.3 Å². The fourth-order valence-corrected chi connectivity index (χ4v) is 3.05. The molecule has 0 saturated heterocycles.